The third-order valence-corrected chi connectivity index (χ3v) is 5.28. The molecule has 0 aromatic heterocycles. The molecule has 0 saturated carbocycles. The van der Waals surface area contributed by atoms with Gasteiger partial charge in [-0.15, -0.1) is 0 Å². The van der Waals surface area contributed by atoms with Crippen molar-refractivity contribution in [3.8, 4) is 0 Å². The summed E-state index contributed by atoms with van der Waals surface area (Å²) in [5.41, 5.74) is 0. The fraction of sp³-hybridized carbons (Fsp3) is 1.00. The summed E-state index contributed by atoms with van der Waals surface area (Å²) >= 11 is 25.4. The summed E-state index contributed by atoms with van der Waals surface area (Å²) in [6.07, 6.45) is 0. The fourth-order valence-corrected chi connectivity index (χ4v) is 0. The van der Waals surface area contributed by atoms with Gasteiger partial charge in [-0.3, -0.25) is 0 Å². The molecule has 0 aromatic rings. The van der Waals surface area contributed by atoms with E-state index in [9.17, 15) is 0 Å². The van der Waals surface area contributed by atoms with Crippen LogP contribution in [0, 0.1) is 0 Å². The number of hydrogen-bond acceptors (Lipinski definition) is 0. The van der Waals surface area contributed by atoms with Gasteiger partial charge in [0.15, 0.2) is 0.888 Å². The van der Waals surface area contributed by atoms with Gasteiger partial charge in [0, 0.05) is 0 Å². The van der Waals surface area contributed by atoms with Gasteiger partial charge in [0.25, 0.3) is 0 Å². The molecule has 0 aliphatic heterocycles. The van der Waals surface area contributed by atoms with E-state index in [4.69, 9.17) is 46.4 Å². The predicted molar refractivity (Wildman–Crippen MR) is 56.9 cm³/mol. The molecule has 0 radical (unpaired) electrons. The van der Waals surface area contributed by atoms with Crippen molar-refractivity contribution in [2.45, 2.75) is 4.68 Å². The van der Waals surface area contributed by atoms with Crippen LogP contribution in [0.3, 0.4) is 0 Å². The molecular formula is C2Cl4I2. The van der Waals surface area contributed by atoms with Crippen molar-refractivity contribution in [3.63, 3.8) is 0 Å². The molecule has 0 aromatic carbocycles. The van der Waals surface area contributed by atoms with Crippen LogP contribution >= 0.6 is 91.6 Å². The maximum atomic E-state index is 5.59. The Labute approximate surface area is 94.8 Å². The third kappa shape index (κ3) is 3.71. The summed E-state index contributed by atoms with van der Waals surface area (Å²) in [7, 11) is 0. The van der Waals surface area contributed by atoms with Crippen LogP contribution in [0.4, 0.5) is 0 Å². The molecule has 0 aliphatic carbocycles. The van der Waals surface area contributed by atoms with Crippen LogP contribution in [0.1, 0.15) is 0 Å². The van der Waals surface area contributed by atoms with E-state index in [1.165, 1.54) is 0 Å². The van der Waals surface area contributed by atoms with Gasteiger partial charge in [-0.2, -0.15) is 0 Å². The van der Waals surface area contributed by atoms with E-state index in [-0.39, 0.29) is 0 Å². The second-order valence-electron chi connectivity index (χ2n) is 0.996. The van der Waals surface area contributed by atoms with E-state index < -0.39 is 4.68 Å². The Hall–Kier alpha value is 2.62. The fourth-order valence-electron chi connectivity index (χ4n) is 0. The van der Waals surface area contributed by atoms with E-state index in [0.29, 0.717) is 0 Å². The van der Waals surface area contributed by atoms with Crippen molar-refractivity contribution >= 4 is 91.6 Å². The van der Waals surface area contributed by atoms with Gasteiger partial charge in [0.2, 0.25) is 3.79 Å². The highest BCUT2D eigenvalue weighted by Gasteiger charge is 2.42. The molecule has 0 N–H and O–H groups in total. The molecule has 0 amide bonds. The summed E-state index contributed by atoms with van der Waals surface area (Å²) < 4.78 is -2.26. The monoisotopic (exact) mass is 418 g/mol. The summed E-state index contributed by atoms with van der Waals surface area (Å²) in [5, 5.41) is 0. The summed E-state index contributed by atoms with van der Waals surface area (Å²) in [5.74, 6) is 0. The SMILES string of the molecule is ClC(Cl)(Cl)C(Cl)(I)I. The summed E-state index contributed by atoms with van der Waals surface area (Å²) in [6, 6.07) is 0. The maximum absolute atomic E-state index is 5.59. The van der Waals surface area contributed by atoms with Crippen molar-refractivity contribution in [1.29, 1.82) is 0 Å². The standard InChI is InChI=1S/C2Cl4I2/c3-1(4,5)2(6,7)8. The lowest BCUT2D eigenvalue weighted by molar-refractivity contribution is 1.21. The van der Waals surface area contributed by atoms with Crippen molar-refractivity contribution in [3.05, 3.63) is 0 Å². The molecular weight excluding hydrogens is 420 g/mol. The van der Waals surface area contributed by atoms with Gasteiger partial charge in [-0.25, -0.2) is 0 Å². The highest BCUT2D eigenvalue weighted by molar-refractivity contribution is 14.2. The summed E-state index contributed by atoms with van der Waals surface area (Å²) in [6.45, 7) is 0. The number of alkyl halides is 6. The van der Waals surface area contributed by atoms with Crippen LogP contribution in [0.5, 0.6) is 0 Å². The first-order chi connectivity index (χ1) is 3.25. The van der Waals surface area contributed by atoms with Crippen molar-refractivity contribution in [1.82, 2.24) is 0 Å². The Morgan fingerprint density at radius 3 is 1.00 bits per heavy atom. The smallest absolute Gasteiger partial charge is 0.0912 e. The van der Waals surface area contributed by atoms with Gasteiger partial charge in [-0.05, 0) is 45.2 Å². The topological polar surface area (TPSA) is 0 Å². The van der Waals surface area contributed by atoms with E-state index >= 15 is 0 Å². The van der Waals surface area contributed by atoms with Gasteiger partial charge < -0.3 is 0 Å². The minimum absolute atomic E-state index is 0.854. The zero-order valence-corrected chi connectivity index (χ0v) is 10.6. The highest BCUT2D eigenvalue weighted by Crippen LogP contribution is 2.51. The van der Waals surface area contributed by atoms with Crippen molar-refractivity contribution in [2.75, 3.05) is 0 Å². The Morgan fingerprint density at radius 1 is 0.875 bits per heavy atom. The quantitative estimate of drug-likeness (QED) is 0.409. The number of halogens is 6. The third-order valence-electron chi connectivity index (χ3n) is 0.321. The first-order valence-electron chi connectivity index (χ1n) is 1.38. The van der Waals surface area contributed by atoms with Crippen LogP contribution < -0.4 is 0 Å². The zero-order chi connectivity index (χ0) is 7.00. The molecule has 0 fully saturated rings. The highest BCUT2D eigenvalue weighted by atomic mass is 127. The molecule has 0 rings (SSSR count). The number of rotatable bonds is 0. The van der Waals surface area contributed by atoms with Crippen LogP contribution in [0.2, 0.25) is 0 Å². The average molecular weight is 420 g/mol. The molecule has 0 saturated heterocycles. The van der Waals surface area contributed by atoms with Gasteiger partial charge in [-0.1, -0.05) is 46.4 Å². The van der Waals surface area contributed by atoms with Crippen LogP contribution in [-0.4, -0.2) is 4.68 Å². The van der Waals surface area contributed by atoms with Crippen molar-refractivity contribution in [2.24, 2.45) is 0 Å². The molecule has 0 heterocycles. The van der Waals surface area contributed by atoms with Gasteiger partial charge in [0.05, 0.1) is 0 Å². The molecule has 50 valence electrons. The maximum Gasteiger partial charge on any atom is 0.227 e. The van der Waals surface area contributed by atoms with Gasteiger partial charge >= 0.3 is 0 Å². The Balaban J connectivity index is 4.02. The first kappa shape index (κ1) is 10.6. The predicted octanol–water partition coefficient (Wildman–Crippen LogP) is 4.12. The number of hydrogen-bond donors (Lipinski definition) is 0. The van der Waals surface area contributed by atoms with Crippen LogP contribution in [0.15, 0.2) is 0 Å². The Morgan fingerprint density at radius 2 is 1.00 bits per heavy atom. The lowest BCUT2D eigenvalue weighted by Crippen LogP contribution is -2.21. The normalized spacial score (nSPS) is 14.2. The second-order valence-corrected chi connectivity index (χ2v) is 10.4. The average Bonchev–Trinajstić information content (AvgIpc) is 1.25. The molecule has 0 nitrogen and oxygen atoms in total. The van der Waals surface area contributed by atoms with Crippen molar-refractivity contribution < 1.29 is 0 Å². The van der Waals surface area contributed by atoms with Gasteiger partial charge in [0.1, 0.15) is 0 Å². The Bertz CT molecular complexity index is 67.0. The zero-order valence-electron chi connectivity index (χ0n) is 3.27. The minimum atomic E-state index is -1.41. The molecule has 0 bridgehead atoms. The lowest BCUT2D eigenvalue weighted by atomic mass is 10.9. The van der Waals surface area contributed by atoms with Crippen LogP contribution in [-0.2, 0) is 0 Å². The second kappa shape index (κ2) is 3.34. The lowest BCUT2D eigenvalue weighted by Gasteiger charge is -2.20. The molecule has 0 aliphatic rings. The first-order valence-corrected chi connectivity index (χ1v) is 5.05. The molecule has 8 heavy (non-hydrogen) atoms. The van der Waals surface area contributed by atoms with E-state index in [0.717, 1.165) is 0 Å². The molecule has 6 heteroatoms. The molecule has 0 spiro atoms. The van der Waals surface area contributed by atoms with E-state index in [1.54, 1.807) is 0 Å². The van der Waals surface area contributed by atoms with E-state index in [1.807, 2.05) is 45.2 Å². The minimum Gasteiger partial charge on any atom is -0.0912 e. The molecule has 0 atom stereocenters. The largest absolute Gasteiger partial charge is 0.227 e. The Kier molecular flexibility index (Phi) is 4.44. The molecule has 0 unspecified atom stereocenters. The van der Waals surface area contributed by atoms with E-state index in [2.05, 4.69) is 0 Å². The van der Waals surface area contributed by atoms with Crippen LogP contribution in [0.25, 0.3) is 0 Å². The summed E-state index contributed by atoms with van der Waals surface area (Å²) in [4.78, 5) is 0.